The molecule has 0 fully saturated rings. The van der Waals surface area contributed by atoms with Crippen LogP contribution >= 0.6 is 11.8 Å². The zero-order chi connectivity index (χ0) is 13.3. The third kappa shape index (κ3) is 7.90. The molecule has 0 rings (SSSR count). The molecule has 0 saturated carbocycles. The van der Waals surface area contributed by atoms with Crippen LogP contribution in [0.2, 0.25) is 0 Å². The van der Waals surface area contributed by atoms with Crippen LogP contribution in [-0.4, -0.2) is 41.2 Å². The zero-order valence-electron chi connectivity index (χ0n) is 10.7. The molecule has 0 radical (unpaired) electrons. The van der Waals surface area contributed by atoms with Crippen molar-refractivity contribution >= 4 is 23.8 Å². The van der Waals surface area contributed by atoms with Gasteiger partial charge in [-0.3, -0.25) is 0 Å². The number of urea groups is 1. The monoisotopic (exact) mass is 262 g/mol. The molecule has 17 heavy (non-hydrogen) atoms. The van der Waals surface area contributed by atoms with Crippen LogP contribution in [0.1, 0.15) is 33.1 Å². The van der Waals surface area contributed by atoms with E-state index in [-0.39, 0.29) is 6.04 Å². The number of rotatable bonds is 8. The first-order valence-corrected chi connectivity index (χ1v) is 7.19. The molecule has 5 nitrogen and oxygen atoms in total. The normalized spacial score (nSPS) is 13.8. The fourth-order valence-corrected chi connectivity index (χ4v) is 1.89. The van der Waals surface area contributed by atoms with E-state index in [9.17, 15) is 9.59 Å². The number of aliphatic carboxylic acids is 1. The fourth-order valence-electron chi connectivity index (χ4n) is 1.42. The largest absolute Gasteiger partial charge is 0.480 e. The summed E-state index contributed by atoms with van der Waals surface area (Å²) in [5.74, 6) is -0.278. The lowest BCUT2D eigenvalue weighted by Gasteiger charge is -2.17. The van der Waals surface area contributed by atoms with Crippen LogP contribution < -0.4 is 10.6 Å². The van der Waals surface area contributed by atoms with Crippen molar-refractivity contribution in [1.29, 1.82) is 0 Å². The summed E-state index contributed by atoms with van der Waals surface area (Å²) < 4.78 is 0. The number of thioether (sulfide) groups is 1. The Morgan fingerprint density at radius 1 is 1.29 bits per heavy atom. The first-order chi connectivity index (χ1) is 8.01. The van der Waals surface area contributed by atoms with E-state index in [1.54, 1.807) is 11.8 Å². The molecule has 100 valence electrons. The third-order valence-electron chi connectivity index (χ3n) is 2.31. The minimum absolute atomic E-state index is 0.0648. The van der Waals surface area contributed by atoms with Crippen LogP contribution in [0.4, 0.5) is 4.79 Å². The van der Waals surface area contributed by atoms with Gasteiger partial charge in [-0.2, -0.15) is 11.8 Å². The van der Waals surface area contributed by atoms with Gasteiger partial charge >= 0.3 is 12.0 Å². The fraction of sp³-hybridized carbons (Fsp3) is 0.818. The van der Waals surface area contributed by atoms with E-state index >= 15 is 0 Å². The number of nitrogens with one attached hydrogen (secondary N) is 2. The molecular formula is C11H22N2O3S. The van der Waals surface area contributed by atoms with Gasteiger partial charge in [0, 0.05) is 6.04 Å². The molecule has 0 saturated heterocycles. The second-order valence-corrected chi connectivity index (χ2v) is 4.97. The summed E-state index contributed by atoms with van der Waals surface area (Å²) in [6.07, 6.45) is 4.21. The summed E-state index contributed by atoms with van der Waals surface area (Å²) >= 11 is 1.56. The molecule has 2 atom stereocenters. The van der Waals surface area contributed by atoms with Crippen molar-refractivity contribution in [3.63, 3.8) is 0 Å². The first kappa shape index (κ1) is 16.1. The van der Waals surface area contributed by atoms with Crippen molar-refractivity contribution in [2.24, 2.45) is 0 Å². The first-order valence-electron chi connectivity index (χ1n) is 5.80. The van der Waals surface area contributed by atoms with E-state index in [0.29, 0.717) is 12.2 Å². The number of hydrogen-bond donors (Lipinski definition) is 3. The number of carboxylic acids is 1. The lowest BCUT2D eigenvalue weighted by molar-refractivity contribution is -0.139. The maximum Gasteiger partial charge on any atom is 0.326 e. The number of carbonyl (C=O) groups excluding carboxylic acids is 1. The van der Waals surface area contributed by atoms with Crippen molar-refractivity contribution in [2.45, 2.75) is 45.2 Å². The lowest BCUT2D eigenvalue weighted by atomic mass is 10.2. The molecular weight excluding hydrogens is 240 g/mol. The minimum atomic E-state index is -0.989. The summed E-state index contributed by atoms with van der Waals surface area (Å²) in [4.78, 5) is 22.4. The van der Waals surface area contributed by atoms with Crippen LogP contribution in [0.25, 0.3) is 0 Å². The van der Waals surface area contributed by atoms with Crippen molar-refractivity contribution in [1.82, 2.24) is 10.6 Å². The van der Waals surface area contributed by atoms with Crippen molar-refractivity contribution in [3.8, 4) is 0 Å². The predicted molar refractivity (Wildman–Crippen MR) is 70.5 cm³/mol. The van der Waals surface area contributed by atoms with E-state index < -0.39 is 18.0 Å². The van der Waals surface area contributed by atoms with Crippen molar-refractivity contribution < 1.29 is 14.7 Å². The minimum Gasteiger partial charge on any atom is -0.480 e. The van der Waals surface area contributed by atoms with Gasteiger partial charge < -0.3 is 15.7 Å². The Morgan fingerprint density at radius 3 is 2.41 bits per heavy atom. The lowest BCUT2D eigenvalue weighted by Crippen LogP contribution is -2.48. The van der Waals surface area contributed by atoms with Crippen molar-refractivity contribution in [2.75, 3.05) is 12.0 Å². The molecule has 3 N–H and O–H groups in total. The molecule has 0 heterocycles. The van der Waals surface area contributed by atoms with Gasteiger partial charge in [0.1, 0.15) is 6.04 Å². The van der Waals surface area contributed by atoms with Crippen LogP contribution in [0.5, 0.6) is 0 Å². The molecule has 0 aromatic carbocycles. The average molecular weight is 262 g/mol. The molecule has 2 unspecified atom stereocenters. The Balaban J connectivity index is 4.07. The van der Waals surface area contributed by atoms with Crippen LogP contribution in [-0.2, 0) is 4.79 Å². The van der Waals surface area contributed by atoms with Crippen LogP contribution in [0.3, 0.4) is 0 Å². The SMILES string of the molecule is CCCC(C)NC(=O)NC(CCSC)C(=O)O. The Morgan fingerprint density at radius 2 is 1.94 bits per heavy atom. The number of hydrogen-bond acceptors (Lipinski definition) is 3. The molecule has 0 aromatic rings. The third-order valence-corrected chi connectivity index (χ3v) is 2.96. The zero-order valence-corrected chi connectivity index (χ0v) is 11.5. The smallest absolute Gasteiger partial charge is 0.326 e. The Kier molecular flexibility index (Phi) is 8.66. The van der Waals surface area contributed by atoms with Gasteiger partial charge in [-0.1, -0.05) is 13.3 Å². The Bertz CT molecular complexity index is 249. The van der Waals surface area contributed by atoms with Gasteiger partial charge in [0.2, 0.25) is 0 Å². The van der Waals surface area contributed by atoms with E-state index in [1.807, 2.05) is 20.1 Å². The molecule has 0 aliphatic heterocycles. The molecule has 0 aliphatic rings. The van der Waals surface area contributed by atoms with Crippen molar-refractivity contribution in [3.05, 3.63) is 0 Å². The van der Waals surface area contributed by atoms with Gasteiger partial charge in [0.05, 0.1) is 0 Å². The van der Waals surface area contributed by atoms with Gasteiger partial charge in [0.15, 0.2) is 0 Å². The van der Waals surface area contributed by atoms with Crippen LogP contribution in [0.15, 0.2) is 0 Å². The highest BCUT2D eigenvalue weighted by molar-refractivity contribution is 7.98. The van der Waals surface area contributed by atoms with Gasteiger partial charge in [0.25, 0.3) is 0 Å². The van der Waals surface area contributed by atoms with Crippen LogP contribution in [0, 0.1) is 0 Å². The van der Waals surface area contributed by atoms with E-state index in [4.69, 9.17) is 5.11 Å². The second kappa shape index (κ2) is 9.15. The van der Waals surface area contributed by atoms with E-state index in [2.05, 4.69) is 10.6 Å². The summed E-state index contributed by atoms with van der Waals surface area (Å²) in [6.45, 7) is 3.94. The molecule has 6 heteroatoms. The number of amides is 2. The highest BCUT2D eigenvalue weighted by Crippen LogP contribution is 2.01. The molecule has 0 aromatic heterocycles. The highest BCUT2D eigenvalue weighted by atomic mass is 32.2. The molecule has 2 amide bonds. The molecule has 0 bridgehead atoms. The summed E-state index contributed by atoms with van der Waals surface area (Å²) in [5.41, 5.74) is 0. The Labute approximate surface area is 107 Å². The van der Waals surface area contributed by atoms with Gasteiger partial charge in [-0.05, 0) is 31.8 Å². The standard InChI is InChI=1S/C11H22N2O3S/c1-4-5-8(2)12-11(16)13-9(10(14)15)6-7-17-3/h8-9H,4-7H2,1-3H3,(H,14,15)(H2,12,13,16). The number of carboxylic acid groups (broad SMARTS) is 1. The molecule has 0 spiro atoms. The summed E-state index contributed by atoms with van der Waals surface area (Å²) in [5, 5.41) is 14.1. The number of carbonyl (C=O) groups is 2. The molecule has 0 aliphatic carbocycles. The second-order valence-electron chi connectivity index (χ2n) is 3.98. The van der Waals surface area contributed by atoms with E-state index in [1.165, 1.54) is 0 Å². The topological polar surface area (TPSA) is 78.4 Å². The van der Waals surface area contributed by atoms with Gasteiger partial charge in [-0.25, -0.2) is 9.59 Å². The Hall–Kier alpha value is -0.910. The average Bonchev–Trinajstić information content (AvgIpc) is 2.23. The quantitative estimate of drug-likeness (QED) is 0.622. The predicted octanol–water partition coefficient (Wildman–Crippen LogP) is 1.68. The maximum atomic E-state index is 11.5. The summed E-state index contributed by atoms with van der Waals surface area (Å²) in [7, 11) is 0. The van der Waals surface area contributed by atoms with E-state index in [0.717, 1.165) is 12.8 Å². The maximum absolute atomic E-state index is 11.5. The van der Waals surface area contributed by atoms with Gasteiger partial charge in [-0.15, -0.1) is 0 Å². The summed E-state index contributed by atoms with van der Waals surface area (Å²) in [6, 6.07) is -1.15. The highest BCUT2D eigenvalue weighted by Gasteiger charge is 2.19.